The van der Waals surface area contributed by atoms with E-state index < -0.39 is 18.1 Å². The van der Waals surface area contributed by atoms with Crippen molar-refractivity contribution < 1.29 is 13.2 Å². The number of alkyl halides is 3. The molecule has 37 heavy (non-hydrogen) atoms. The van der Waals surface area contributed by atoms with Gasteiger partial charge in [-0.1, -0.05) is 19.4 Å². The Balaban J connectivity index is 1.05. The van der Waals surface area contributed by atoms with E-state index in [0.29, 0.717) is 43.1 Å². The standard InChI is InChI=1S/C29H46F3N5/c1-17(20-14-22-24(33-15-20)16-34-28(22)29(30,31)32)36-13-12-26-27-23(4-2-3-5-25(27)36)35-37(26)21-10-8-19(9-11-21)18-6-7-18/h18-28,33-35H,1-16H2. The molecule has 0 amide bonds. The van der Waals surface area contributed by atoms with Crippen molar-refractivity contribution in [3.8, 4) is 0 Å². The lowest BCUT2D eigenvalue weighted by molar-refractivity contribution is -0.163. The van der Waals surface area contributed by atoms with Crippen LogP contribution in [0.15, 0.2) is 12.3 Å². The summed E-state index contributed by atoms with van der Waals surface area (Å²) < 4.78 is 41.1. The van der Waals surface area contributed by atoms with Gasteiger partial charge in [-0.05, 0) is 76.0 Å². The normalized spacial score (nSPS) is 46.8. The highest BCUT2D eigenvalue weighted by molar-refractivity contribution is 5.15. The van der Waals surface area contributed by atoms with E-state index in [0.717, 1.165) is 37.0 Å². The number of piperidine rings is 2. The maximum Gasteiger partial charge on any atom is 0.404 e. The topological polar surface area (TPSA) is 42.6 Å². The van der Waals surface area contributed by atoms with E-state index in [1.165, 1.54) is 64.2 Å². The van der Waals surface area contributed by atoms with Gasteiger partial charge in [0.2, 0.25) is 0 Å². The molecule has 7 aliphatic rings. The number of fused-ring (bicyclic) bond motifs is 1. The third-order valence-corrected chi connectivity index (χ3v) is 11.7. The molecule has 0 aromatic heterocycles. The third-order valence-electron chi connectivity index (χ3n) is 11.7. The van der Waals surface area contributed by atoms with Crippen LogP contribution in [0.2, 0.25) is 0 Å². The van der Waals surface area contributed by atoms with Crippen LogP contribution >= 0.6 is 0 Å². The Morgan fingerprint density at radius 2 is 1.51 bits per heavy atom. The van der Waals surface area contributed by atoms with E-state index in [1.54, 1.807) is 0 Å². The van der Waals surface area contributed by atoms with Crippen molar-refractivity contribution in [2.75, 3.05) is 19.6 Å². The molecule has 3 N–H and O–H groups in total. The molecule has 208 valence electrons. The monoisotopic (exact) mass is 521 g/mol. The Labute approximate surface area is 220 Å². The lowest BCUT2D eigenvalue weighted by Gasteiger charge is -2.50. The van der Waals surface area contributed by atoms with Crippen molar-refractivity contribution in [3.63, 3.8) is 0 Å². The molecular weight excluding hydrogens is 475 g/mol. The number of hydrogen-bond donors (Lipinski definition) is 3. The van der Waals surface area contributed by atoms with Crippen LogP contribution in [-0.4, -0.2) is 72.0 Å². The first-order valence-electron chi connectivity index (χ1n) is 15.4. The van der Waals surface area contributed by atoms with Gasteiger partial charge in [0.25, 0.3) is 0 Å². The fourth-order valence-corrected chi connectivity index (χ4v) is 9.67. The van der Waals surface area contributed by atoms with E-state index in [-0.39, 0.29) is 12.0 Å². The minimum atomic E-state index is -4.19. The van der Waals surface area contributed by atoms with Crippen molar-refractivity contribution >= 4 is 0 Å². The quantitative estimate of drug-likeness (QED) is 0.511. The second-order valence-electron chi connectivity index (χ2n) is 13.6. The van der Waals surface area contributed by atoms with Gasteiger partial charge in [0.1, 0.15) is 6.04 Å². The molecule has 8 heteroatoms. The summed E-state index contributed by atoms with van der Waals surface area (Å²) in [4.78, 5) is 2.58. The Hall–Kier alpha value is -0.830. The van der Waals surface area contributed by atoms with Gasteiger partial charge in [-0.2, -0.15) is 13.2 Å². The molecule has 7 fully saturated rings. The summed E-state index contributed by atoms with van der Waals surface area (Å²) in [5.41, 5.74) is 5.16. The smallest absolute Gasteiger partial charge is 0.372 e. The lowest BCUT2D eigenvalue weighted by Crippen LogP contribution is -2.57. The number of halogens is 3. The lowest BCUT2D eigenvalue weighted by atomic mass is 9.76. The van der Waals surface area contributed by atoms with Crippen molar-refractivity contribution in [2.45, 2.75) is 119 Å². The van der Waals surface area contributed by atoms with Crippen LogP contribution in [0.1, 0.15) is 77.0 Å². The zero-order valence-electron chi connectivity index (χ0n) is 22.2. The number of hydrazine groups is 1. The first kappa shape index (κ1) is 25.2. The molecule has 4 aliphatic heterocycles. The maximum absolute atomic E-state index is 13.7. The minimum absolute atomic E-state index is 0.0775. The molecule has 0 aromatic carbocycles. The van der Waals surface area contributed by atoms with Gasteiger partial charge in [-0.15, -0.1) is 0 Å². The zero-order valence-corrected chi connectivity index (χ0v) is 22.2. The van der Waals surface area contributed by atoms with E-state index in [2.05, 4.69) is 32.5 Å². The number of nitrogens with one attached hydrogen (secondary N) is 3. The highest BCUT2D eigenvalue weighted by Crippen LogP contribution is 2.48. The van der Waals surface area contributed by atoms with Gasteiger partial charge in [-0.25, -0.2) is 5.01 Å². The van der Waals surface area contributed by atoms with Crippen LogP contribution in [0.25, 0.3) is 0 Å². The van der Waals surface area contributed by atoms with E-state index in [1.807, 2.05) is 0 Å². The molecular formula is C29H46F3N5. The predicted molar refractivity (Wildman–Crippen MR) is 138 cm³/mol. The van der Waals surface area contributed by atoms with Gasteiger partial charge in [-0.3, -0.25) is 5.43 Å². The summed E-state index contributed by atoms with van der Waals surface area (Å²) >= 11 is 0. The number of hydrogen-bond acceptors (Lipinski definition) is 5. The Morgan fingerprint density at radius 1 is 0.784 bits per heavy atom. The molecule has 0 aromatic rings. The van der Waals surface area contributed by atoms with Crippen LogP contribution in [0.3, 0.4) is 0 Å². The minimum Gasteiger partial charge on any atom is -0.372 e. The number of rotatable bonds is 4. The first-order valence-corrected chi connectivity index (χ1v) is 15.4. The summed E-state index contributed by atoms with van der Waals surface area (Å²) in [5, 5.41) is 8.94. The molecule has 8 atom stereocenters. The van der Waals surface area contributed by atoms with Crippen LogP contribution in [0.4, 0.5) is 13.2 Å². The number of likely N-dealkylation sites (tertiary alicyclic amines) is 1. The summed E-state index contributed by atoms with van der Waals surface area (Å²) in [6.07, 6.45) is 10.9. The molecule has 0 radical (unpaired) electrons. The van der Waals surface area contributed by atoms with Crippen molar-refractivity contribution in [3.05, 3.63) is 12.3 Å². The van der Waals surface area contributed by atoms with Gasteiger partial charge in [0.15, 0.2) is 0 Å². The van der Waals surface area contributed by atoms with Gasteiger partial charge in [0, 0.05) is 73.3 Å². The Kier molecular flexibility index (Phi) is 6.57. The fraction of sp³-hybridized carbons (Fsp3) is 0.931. The van der Waals surface area contributed by atoms with E-state index in [9.17, 15) is 13.2 Å². The Morgan fingerprint density at radius 3 is 2.24 bits per heavy atom. The summed E-state index contributed by atoms with van der Waals surface area (Å²) in [6.45, 7) is 6.75. The van der Waals surface area contributed by atoms with Gasteiger partial charge >= 0.3 is 6.18 Å². The molecule has 3 saturated carbocycles. The highest BCUT2D eigenvalue weighted by atomic mass is 19.4. The predicted octanol–water partition coefficient (Wildman–Crippen LogP) is 4.42. The highest BCUT2D eigenvalue weighted by Gasteiger charge is 2.55. The molecule has 4 saturated heterocycles. The molecule has 4 heterocycles. The fourth-order valence-electron chi connectivity index (χ4n) is 9.67. The van der Waals surface area contributed by atoms with E-state index in [4.69, 9.17) is 0 Å². The molecule has 3 aliphatic carbocycles. The zero-order chi connectivity index (χ0) is 25.3. The van der Waals surface area contributed by atoms with Crippen LogP contribution in [-0.2, 0) is 0 Å². The van der Waals surface area contributed by atoms with Crippen molar-refractivity contribution in [2.24, 2.45) is 29.6 Å². The molecule has 0 bridgehead atoms. The van der Waals surface area contributed by atoms with E-state index >= 15 is 0 Å². The molecule has 7 rings (SSSR count). The van der Waals surface area contributed by atoms with Gasteiger partial charge < -0.3 is 15.5 Å². The summed E-state index contributed by atoms with van der Waals surface area (Å²) in [6, 6.07) is 0.814. The van der Waals surface area contributed by atoms with Crippen LogP contribution < -0.4 is 16.1 Å². The maximum atomic E-state index is 13.7. The second kappa shape index (κ2) is 9.67. The Bertz CT molecular complexity index is 853. The average molecular weight is 522 g/mol. The first-order chi connectivity index (χ1) is 17.9. The summed E-state index contributed by atoms with van der Waals surface area (Å²) in [5.74, 6) is 2.32. The largest absolute Gasteiger partial charge is 0.404 e. The number of nitrogens with zero attached hydrogens (tertiary/aromatic N) is 2. The molecule has 0 spiro atoms. The average Bonchev–Trinajstić information content (AvgIpc) is 3.59. The SMILES string of the molecule is C=C(C1CNC2CNC(C(F)(F)F)C2C1)N1CCC2C3C(CCCCC31)NN2C1CCC(C2CC2)CC1. The van der Waals surface area contributed by atoms with Gasteiger partial charge in [0.05, 0.1) is 0 Å². The van der Waals surface area contributed by atoms with Crippen molar-refractivity contribution in [1.82, 2.24) is 26.0 Å². The van der Waals surface area contributed by atoms with Crippen LogP contribution in [0.5, 0.6) is 0 Å². The molecule has 8 unspecified atom stereocenters. The molecule has 5 nitrogen and oxygen atoms in total. The van der Waals surface area contributed by atoms with Crippen LogP contribution in [0, 0.1) is 29.6 Å². The summed E-state index contributed by atoms with van der Waals surface area (Å²) in [7, 11) is 0. The second-order valence-corrected chi connectivity index (χ2v) is 13.6. The third kappa shape index (κ3) is 4.55. The van der Waals surface area contributed by atoms with Crippen molar-refractivity contribution in [1.29, 1.82) is 0 Å².